The second-order valence-electron chi connectivity index (χ2n) is 10.1. The lowest BCUT2D eigenvalue weighted by Gasteiger charge is -2.32. The number of benzene rings is 3. The molecule has 0 aliphatic carbocycles. The predicted octanol–water partition coefficient (Wildman–Crippen LogP) is 6.29. The van der Waals surface area contributed by atoms with E-state index < -0.39 is 0 Å². The molecule has 4 aromatic rings. The summed E-state index contributed by atoms with van der Waals surface area (Å²) in [4.78, 5) is 2.41. The summed E-state index contributed by atoms with van der Waals surface area (Å²) in [6.45, 7) is 2.64. The van der Waals surface area contributed by atoms with Crippen molar-refractivity contribution in [3.05, 3.63) is 60.2 Å². The third-order valence-electron chi connectivity index (χ3n) is 7.71. The molecule has 1 aromatic heterocycles. The lowest BCUT2D eigenvalue weighted by atomic mass is 10.0. The second kappa shape index (κ2) is 9.93. The minimum Gasteiger partial charge on any atom is -0.492 e. The van der Waals surface area contributed by atoms with E-state index in [2.05, 4.69) is 54.4 Å². The zero-order chi connectivity index (χ0) is 24.5. The predicted molar refractivity (Wildman–Crippen MR) is 142 cm³/mol. The number of nitrogens with zero attached hydrogens (tertiary/aromatic N) is 4. The van der Waals surface area contributed by atoms with Crippen LogP contribution < -0.4 is 4.74 Å². The molecule has 36 heavy (non-hydrogen) atoms. The molecule has 3 heterocycles. The van der Waals surface area contributed by atoms with E-state index in [9.17, 15) is 5.26 Å². The highest BCUT2D eigenvalue weighted by molar-refractivity contribution is 5.97. The maximum Gasteiger partial charge on any atom is 0.150 e. The average Bonchev–Trinajstić information content (AvgIpc) is 3.31. The van der Waals surface area contributed by atoms with Crippen molar-refractivity contribution in [3.63, 3.8) is 0 Å². The Morgan fingerprint density at radius 1 is 1.00 bits per heavy atom. The summed E-state index contributed by atoms with van der Waals surface area (Å²) in [5, 5.41) is 17.8. The largest absolute Gasteiger partial charge is 0.492 e. The van der Waals surface area contributed by atoms with Gasteiger partial charge in [-0.3, -0.25) is 0 Å². The van der Waals surface area contributed by atoms with Crippen LogP contribution in [-0.4, -0.2) is 47.5 Å². The van der Waals surface area contributed by atoms with Gasteiger partial charge in [-0.2, -0.15) is 10.4 Å². The van der Waals surface area contributed by atoms with E-state index in [1.165, 1.54) is 19.3 Å². The molecule has 6 nitrogen and oxygen atoms in total. The van der Waals surface area contributed by atoms with E-state index in [1.54, 1.807) is 0 Å². The molecule has 184 valence electrons. The van der Waals surface area contributed by atoms with E-state index in [0.29, 0.717) is 11.6 Å². The van der Waals surface area contributed by atoms with Gasteiger partial charge in [-0.1, -0.05) is 24.6 Å². The summed E-state index contributed by atoms with van der Waals surface area (Å²) in [5.74, 6) is 0.914. The zero-order valence-corrected chi connectivity index (χ0v) is 20.8. The van der Waals surface area contributed by atoms with E-state index in [4.69, 9.17) is 14.6 Å². The Morgan fingerprint density at radius 2 is 1.86 bits per heavy atom. The minimum atomic E-state index is -0.0636. The summed E-state index contributed by atoms with van der Waals surface area (Å²) in [7, 11) is 2.19. The third-order valence-corrected chi connectivity index (χ3v) is 7.71. The number of rotatable bonds is 5. The van der Waals surface area contributed by atoms with Crippen molar-refractivity contribution in [3.8, 4) is 23.1 Å². The van der Waals surface area contributed by atoms with Crippen molar-refractivity contribution >= 4 is 21.7 Å². The van der Waals surface area contributed by atoms with E-state index in [1.807, 2.05) is 22.9 Å². The topological polar surface area (TPSA) is 63.3 Å². The van der Waals surface area contributed by atoms with Crippen molar-refractivity contribution in [2.24, 2.45) is 0 Å². The van der Waals surface area contributed by atoms with Crippen LogP contribution in [-0.2, 0) is 4.74 Å². The Hall–Kier alpha value is -3.40. The summed E-state index contributed by atoms with van der Waals surface area (Å²) >= 11 is 0. The average molecular weight is 481 g/mol. The first kappa shape index (κ1) is 23.0. The Balaban J connectivity index is 1.32. The Bertz CT molecular complexity index is 1430. The Kier molecular flexibility index (Phi) is 6.35. The minimum absolute atomic E-state index is 0.0636. The molecule has 0 spiro atoms. The van der Waals surface area contributed by atoms with Crippen molar-refractivity contribution in [1.29, 1.82) is 5.26 Å². The van der Waals surface area contributed by atoms with Crippen LogP contribution in [0.2, 0.25) is 0 Å². The highest BCUT2D eigenvalue weighted by atomic mass is 16.5. The van der Waals surface area contributed by atoms with Gasteiger partial charge in [0.2, 0.25) is 0 Å². The fraction of sp³-hybridized carbons (Fsp3) is 0.400. The standard InChI is InChI=1S/C30H32N4O2/c1-33-14-4-2-6-25(33)20-36-26-12-11-22-17-24(10-9-23(22)18-26)30-27-16-21(19-31)8-13-28(27)34(32-30)29-7-3-5-15-35-29/h8-13,16-18,25,29H,2-7,14-15,20H2,1H3. The van der Waals surface area contributed by atoms with Crippen molar-refractivity contribution < 1.29 is 9.47 Å². The Morgan fingerprint density at radius 3 is 2.69 bits per heavy atom. The normalized spacial score (nSPS) is 21.0. The fourth-order valence-electron chi connectivity index (χ4n) is 5.57. The second-order valence-corrected chi connectivity index (χ2v) is 10.1. The number of nitriles is 1. The summed E-state index contributed by atoms with van der Waals surface area (Å²) in [5.41, 5.74) is 3.57. The number of ether oxygens (including phenoxy) is 2. The molecule has 2 aliphatic heterocycles. The third kappa shape index (κ3) is 4.45. The first-order valence-corrected chi connectivity index (χ1v) is 13.1. The van der Waals surface area contributed by atoms with Crippen LogP contribution in [0.4, 0.5) is 0 Å². The van der Waals surface area contributed by atoms with Gasteiger partial charge < -0.3 is 14.4 Å². The summed E-state index contributed by atoms with van der Waals surface area (Å²) < 4.78 is 14.3. The van der Waals surface area contributed by atoms with Crippen molar-refractivity contribution in [2.45, 2.75) is 50.8 Å². The molecule has 0 bridgehead atoms. The molecule has 0 radical (unpaired) electrons. The quantitative estimate of drug-likeness (QED) is 0.336. The van der Waals surface area contributed by atoms with Gasteiger partial charge >= 0.3 is 0 Å². The molecular weight excluding hydrogens is 448 g/mol. The van der Waals surface area contributed by atoms with Crippen LogP contribution in [0.3, 0.4) is 0 Å². The van der Waals surface area contributed by atoms with Crippen molar-refractivity contribution in [1.82, 2.24) is 14.7 Å². The number of piperidine rings is 1. The molecule has 6 heteroatoms. The van der Waals surface area contributed by atoms with E-state index in [-0.39, 0.29) is 6.23 Å². The van der Waals surface area contributed by atoms with Crippen LogP contribution in [0.25, 0.3) is 32.9 Å². The molecule has 2 atom stereocenters. The van der Waals surface area contributed by atoms with Crippen LogP contribution in [0.15, 0.2) is 54.6 Å². The molecule has 0 saturated carbocycles. The number of likely N-dealkylation sites (tertiary alicyclic amines) is 1. The molecule has 2 fully saturated rings. The van der Waals surface area contributed by atoms with E-state index in [0.717, 1.165) is 77.7 Å². The maximum atomic E-state index is 9.51. The monoisotopic (exact) mass is 480 g/mol. The Labute approximate surface area is 212 Å². The number of fused-ring (bicyclic) bond motifs is 2. The molecule has 2 unspecified atom stereocenters. The van der Waals surface area contributed by atoms with Gasteiger partial charge in [0.25, 0.3) is 0 Å². The van der Waals surface area contributed by atoms with E-state index >= 15 is 0 Å². The van der Waals surface area contributed by atoms with Crippen molar-refractivity contribution in [2.75, 3.05) is 26.8 Å². The lowest BCUT2D eigenvalue weighted by molar-refractivity contribution is -0.0365. The summed E-state index contributed by atoms with van der Waals surface area (Å²) in [6, 6.07) is 21.3. The van der Waals surface area contributed by atoms with Gasteiger partial charge in [0, 0.05) is 23.6 Å². The number of aromatic nitrogens is 2. The molecule has 6 rings (SSSR count). The maximum absolute atomic E-state index is 9.51. The first-order chi connectivity index (χ1) is 17.7. The van der Waals surface area contributed by atoms with Gasteiger partial charge in [-0.15, -0.1) is 0 Å². The van der Waals surface area contributed by atoms with Gasteiger partial charge in [0.1, 0.15) is 18.1 Å². The molecule has 2 saturated heterocycles. The number of likely N-dealkylation sites (N-methyl/N-ethyl adjacent to an activating group) is 1. The molecule has 0 N–H and O–H groups in total. The molecular formula is C30H32N4O2. The molecule has 3 aromatic carbocycles. The van der Waals surface area contributed by atoms with Gasteiger partial charge in [0.05, 0.1) is 17.1 Å². The molecule has 0 amide bonds. The van der Waals surface area contributed by atoms with Crippen LogP contribution in [0.1, 0.15) is 50.3 Å². The summed E-state index contributed by atoms with van der Waals surface area (Å²) in [6.07, 6.45) is 6.88. The van der Waals surface area contributed by atoms with Crippen LogP contribution in [0, 0.1) is 11.3 Å². The molecule has 2 aliphatic rings. The van der Waals surface area contributed by atoms with Gasteiger partial charge in [0.15, 0.2) is 6.23 Å². The van der Waals surface area contributed by atoms with Gasteiger partial charge in [-0.25, -0.2) is 4.68 Å². The highest BCUT2D eigenvalue weighted by Gasteiger charge is 2.22. The van der Waals surface area contributed by atoms with Crippen LogP contribution >= 0.6 is 0 Å². The lowest BCUT2D eigenvalue weighted by Crippen LogP contribution is -2.40. The number of hydrogen-bond acceptors (Lipinski definition) is 5. The zero-order valence-electron chi connectivity index (χ0n) is 20.8. The highest BCUT2D eigenvalue weighted by Crippen LogP contribution is 2.35. The first-order valence-electron chi connectivity index (χ1n) is 13.1. The SMILES string of the molecule is CN1CCCCC1COc1ccc2cc(-c3nn(C4CCCCO4)c4ccc(C#N)cc34)ccc2c1. The van der Waals surface area contributed by atoms with Crippen LogP contribution in [0.5, 0.6) is 5.75 Å². The number of hydrogen-bond donors (Lipinski definition) is 0. The fourth-order valence-corrected chi connectivity index (χ4v) is 5.57. The smallest absolute Gasteiger partial charge is 0.150 e. The van der Waals surface area contributed by atoms with Gasteiger partial charge in [-0.05, 0) is 92.9 Å².